The summed E-state index contributed by atoms with van der Waals surface area (Å²) in [5, 5.41) is 9.15. The van der Waals surface area contributed by atoms with Gasteiger partial charge in [-0.05, 0) is 0 Å². The van der Waals surface area contributed by atoms with Crippen LogP contribution in [-0.4, -0.2) is 18.1 Å². The largest absolute Gasteiger partial charge is 0.507 e. The lowest BCUT2D eigenvalue weighted by atomic mass is 10.1. The molecule has 0 aliphatic carbocycles. The minimum absolute atomic E-state index is 0.125. The molecule has 0 saturated carbocycles. The number of carbonyl (C=O) groups is 1. The van der Waals surface area contributed by atoms with E-state index in [4.69, 9.17) is 10.8 Å². The molecule has 1 rings (SSSR count). The highest BCUT2D eigenvalue weighted by Gasteiger charge is 2.15. The van der Waals surface area contributed by atoms with Crippen molar-refractivity contribution < 1.29 is 19.0 Å². The van der Waals surface area contributed by atoms with Crippen LogP contribution in [0, 0.1) is 5.82 Å². The first kappa shape index (κ1) is 9.31. The van der Waals surface area contributed by atoms with E-state index in [1.807, 2.05) is 0 Å². The number of benzene rings is 1. The summed E-state index contributed by atoms with van der Waals surface area (Å²) in [6.45, 7) is 0. The zero-order valence-electron chi connectivity index (χ0n) is 6.87. The number of rotatable bonds is 2. The molecule has 1 aromatic rings. The molecule has 13 heavy (non-hydrogen) atoms. The zero-order chi connectivity index (χ0) is 10.0. The van der Waals surface area contributed by atoms with E-state index in [1.165, 1.54) is 7.11 Å². The summed E-state index contributed by atoms with van der Waals surface area (Å²) in [5.41, 5.74) is 4.30. The molecule has 3 N–H and O–H groups in total. The van der Waals surface area contributed by atoms with E-state index in [0.29, 0.717) is 0 Å². The number of amides is 1. The van der Waals surface area contributed by atoms with Crippen molar-refractivity contribution >= 4 is 5.91 Å². The monoisotopic (exact) mass is 185 g/mol. The third-order valence-electron chi connectivity index (χ3n) is 1.53. The third kappa shape index (κ3) is 1.69. The van der Waals surface area contributed by atoms with Crippen LogP contribution in [0.25, 0.3) is 0 Å². The summed E-state index contributed by atoms with van der Waals surface area (Å²) in [4.78, 5) is 10.6. The summed E-state index contributed by atoms with van der Waals surface area (Å²) in [6.07, 6.45) is 0. The minimum Gasteiger partial charge on any atom is -0.507 e. The fourth-order valence-corrected chi connectivity index (χ4v) is 0.930. The molecule has 0 radical (unpaired) electrons. The Kier molecular flexibility index (Phi) is 2.36. The second-order valence-electron chi connectivity index (χ2n) is 2.37. The van der Waals surface area contributed by atoms with Crippen molar-refractivity contribution in [1.29, 1.82) is 0 Å². The highest BCUT2D eigenvalue weighted by atomic mass is 19.1. The summed E-state index contributed by atoms with van der Waals surface area (Å²) >= 11 is 0. The first-order valence-corrected chi connectivity index (χ1v) is 3.42. The van der Waals surface area contributed by atoms with Gasteiger partial charge in [0, 0.05) is 12.1 Å². The molecule has 0 heterocycles. The topological polar surface area (TPSA) is 72.6 Å². The van der Waals surface area contributed by atoms with E-state index in [0.717, 1.165) is 12.1 Å². The smallest absolute Gasteiger partial charge is 0.255 e. The van der Waals surface area contributed by atoms with Gasteiger partial charge in [-0.2, -0.15) is 0 Å². The molecular weight excluding hydrogens is 177 g/mol. The molecule has 0 aromatic heterocycles. The number of ether oxygens (including phenoxy) is 1. The Labute approximate surface area is 73.7 Å². The van der Waals surface area contributed by atoms with Crippen LogP contribution < -0.4 is 10.5 Å². The molecule has 1 amide bonds. The van der Waals surface area contributed by atoms with Crippen molar-refractivity contribution in [3.8, 4) is 11.5 Å². The van der Waals surface area contributed by atoms with Gasteiger partial charge in [-0.15, -0.1) is 0 Å². The molecule has 4 nitrogen and oxygen atoms in total. The number of nitrogens with two attached hydrogens (primary N) is 1. The minimum atomic E-state index is -1.02. The number of hydrogen-bond donors (Lipinski definition) is 2. The van der Waals surface area contributed by atoms with Gasteiger partial charge in [0.25, 0.3) is 5.91 Å². The highest BCUT2D eigenvalue weighted by molar-refractivity contribution is 5.96. The zero-order valence-corrected chi connectivity index (χ0v) is 6.87. The maximum atomic E-state index is 13.0. The molecule has 0 aliphatic rings. The molecule has 0 saturated heterocycles. The van der Waals surface area contributed by atoms with E-state index < -0.39 is 23.0 Å². The number of halogens is 1. The molecule has 0 unspecified atom stereocenters. The van der Waals surface area contributed by atoms with Crippen molar-refractivity contribution in [3.63, 3.8) is 0 Å². The predicted octanol–water partition coefficient (Wildman–Crippen LogP) is 0.639. The maximum absolute atomic E-state index is 13.0. The highest BCUT2D eigenvalue weighted by Crippen LogP contribution is 2.26. The van der Waals surface area contributed by atoms with Crippen LogP contribution in [0.3, 0.4) is 0 Å². The van der Waals surface area contributed by atoms with Crippen LogP contribution in [0.15, 0.2) is 12.1 Å². The van der Waals surface area contributed by atoms with Crippen molar-refractivity contribution in [1.82, 2.24) is 0 Å². The van der Waals surface area contributed by atoms with Gasteiger partial charge in [-0.25, -0.2) is 4.39 Å². The van der Waals surface area contributed by atoms with Gasteiger partial charge < -0.3 is 15.6 Å². The average molecular weight is 185 g/mol. The van der Waals surface area contributed by atoms with Gasteiger partial charge >= 0.3 is 0 Å². The average Bonchev–Trinajstić information content (AvgIpc) is 2.02. The van der Waals surface area contributed by atoms with Gasteiger partial charge in [0.05, 0.1) is 7.11 Å². The molecule has 5 heteroatoms. The molecule has 0 fully saturated rings. The summed E-state index contributed by atoms with van der Waals surface area (Å²) in [7, 11) is 1.32. The first-order valence-electron chi connectivity index (χ1n) is 3.42. The Morgan fingerprint density at radius 3 is 2.62 bits per heavy atom. The molecular formula is C8H8FNO3. The normalized spacial score (nSPS) is 9.69. The Hall–Kier alpha value is -1.78. The van der Waals surface area contributed by atoms with E-state index in [9.17, 15) is 9.18 Å². The van der Waals surface area contributed by atoms with E-state index in [2.05, 4.69) is 4.74 Å². The van der Waals surface area contributed by atoms with E-state index in [-0.39, 0.29) is 5.75 Å². The van der Waals surface area contributed by atoms with Gasteiger partial charge in [-0.3, -0.25) is 4.79 Å². The van der Waals surface area contributed by atoms with Gasteiger partial charge in [0.15, 0.2) is 0 Å². The van der Waals surface area contributed by atoms with Crippen LogP contribution in [0.4, 0.5) is 4.39 Å². The van der Waals surface area contributed by atoms with Crippen LogP contribution in [0.1, 0.15) is 10.4 Å². The lowest BCUT2D eigenvalue weighted by Crippen LogP contribution is -2.13. The first-order chi connectivity index (χ1) is 6.06. The van der Waals surface area contributed by atoms with Crippen LogP contribution in [0.5, 0.6) is 11.5 Å². The number of methoxy groups -OCH3 is 1. The standard InChI is InChI=1S/C8H8FNO3/c1-13-4-2-5(9)7(8(10)12)6(11)3-4/h2-3,11H,1H3,(H2,10,12). The van der Waals surface area contributed by atoms with Crippen molar-refractivity contribution in [2.45, 2.75) is 0 Å². The quantitative estimate of drug-likeness (QED) is 0.710. The van der Waals surface area contributed by atoms with Gasteiger partial charge in [0.2, 0.25) is 0 Å². The van der Waals surface area contributed by atoms with Gasteiger partial charge in [-0.1, -0.05) is 0 Å². The van der Waals surface area contributed by atoms with E-state index in [1.54, 1.807) is 0 Å². The Bertz CT molecular complexity index is 328. The molecule has 70 valence electrons. The SMILES string of the molecule is COc1cc(O)c(C(N)=O)c(F)c1. The van der Waals surface area contributed by atoms with Crippen molar-refractivity contribution in [2.24, 2.45) is 5.73 Å². The molecule has 0 spiro atoms. The number of aromatic hydroxyl groups is 1. The number of carbonyl (C=O) groups excluding carboxylic acids is 1. The van der Waals surface area contributed by atoms with Crippen molar-refractivity contribution in [2.75, 3.05) is 7.11 Å². The van der Waals surface area contributed by atoms with Crippen LogP contribution in [-0.2, 0) is 0 Å². The second kappa shape index (κ2) is 3.30. The van der Waals surface area contributed by atoms with Crippen LogP contribution in [0.2, 0.25) is 0 Å². The molecule has 0 aliphatic heterocycles. The molecule has 0 atom stereocenters. The maximum Gasteiger partial charge on any atom is 0.255 e. The Morgan fingerprint density at radius 1 is 1.62 bits per heavy atom. The summed E-state index contributed by atoms with van der Waals surface area (Å²) < 4.78 is 17.7. The lowest BCUT2D eigenvalue weighted by Gasteiger charge is -2.04. The van der Waals surface area contributed by atoms with E-state index >= 15 is 0 Å². The predicted molar refractivity (Wildman–Crippen MR) is 43.1 cm³/mol. The fraction of sp³-hybridized carbons (Fsp3) is 0.125. The summed E-state index contributed by atoms with van der Waals surface area (Å²) in [6, 6.07) is 2.09. The number of phenols is 1. The fourth-order valence-electron chi connectivity index (χ4n) is 0.930. The molecule has 0 bridgehead atoms. The molecule has 1 aromatic carbocycles. The van der Waals surface area contributed by atoms with Crippen LogP contribution >= 0.6 is 0 Å². The van der Waals surface area contributed by atoms with Crippen molar-refractivity contribution in [3.05, 3.63) is 23.5 Å². The summed E-state index contributed by atoms with van der Waals surface area (Å²) in [5.74, 6) is -2.31. The third-order valence-corrected chi connectivity index (χ3v) is 1.53. The number of primary amides is 1. The number of hydrogen-bond acceptors (Lipinski definition) is 3. The van der Waals surface area contributed by atoms with Gasteiger partial charge in [0.1, 0.15) is 22.9 Å². The lowest BCUT2D eigenvalue weighted by molar-refractivity contribution is 0.0993. The Morgan fingerprint density at radius 2 is 2.23 bits per heavy atom. The second-order valence-corrected chi connectivity index (χ2v) is 2.37. The Balaban J connectivity index is 3.31.